The summed E-state index contributed by atoms with van der Waals surface area (Å²) >= 11 is 0. The lowest BCUT2D eigenvalue weighted by molar-refractivity contribution is 0.628. The summed E-state index contributed by atoms with van der Waals surface area (Å²) < 4.78 is 13.6. The minimum atomic E-state index is -0.796. The van der Waals surface area contributed by atoms with Crippen molar-refractivity contribution < 1.29 is 4.39 Å². The summed E-state index contributed by atoms with van der Waals surface area (Å²) in [6.45, 7) is 4.00. The molecule has 1 heterocycles. The van der Waals surface area contributed by atoms with Crippen molar-refractivity contribution in [1.82, 2.24) is 4.98 Å². The van der Waals surface area contributed by atoms with Crippen molar-refractivity contribution in [3.05, 3.63) is 161 Å². The van der Waals surface area contributed by atoms with Crippen LogP contribution in [0.1, 0.15) is 41.7 Å². The molecule has 0 bridgehead atoms. The Hall–Kier alpha value is -4.77. The van der Waals surface area contributed by atoms with E-state index < -0.39 is 5.54 Å². The molecule has 190 valence electrons. The van der Waals surface area contributed by atoms with Crippen LogP contribution in [0.4, 0.5) is 15.9 Å². The molecule has 0 aliphatic carbocycles. The first-order chi connectivity index (χ1) is 18.6. The number of nitrogens with one attached hydrogen (secondary N) is 2. The molecule has 4 nitrogen and oxygen atoms in total. The maximum Gasteiger partial charge on any atom is 0.125 e. The highest BCUT2D eigenvalue weighted by Crippen LogP contribution is 2.41. The first-order valence-corrected chi connectivity index (χ1v) is 12.6. The number of anilines is 2. The lowest BCUT2D eigenvalue weighted by atomic mass is 9.76. The van der Waals surface area contributed by atoms with Gasteiger partial charge in [-0.1, -0.05) is 105 Å². The third kappa shape index (κ3) is 5.32. The topological polar surface area (TPSA) is 74.8 Å². The fourth-order valence-electron chi connectivity index (χ4n) is 4.53. The lowest BCUT2D eigenvalue weighted by Crippen LogP contribution is -2.38. The number of pyridine rings is 1. The van der Waals surface area contributed by atoms with Gasteiger partial charge in [-0.05, 0) is 41.0 Å². The zero-order chi connectivity index (χ0) is 27.0. The number of nitrogens with zero attached hydrogens (tertiary/aromatic N) is 1. The Morgan fingerprint density at radius 3 is 1.63 bits per heavy atom. The van der Waals surface area contributed by atoms with E-state index in [0.717, 1.165) is 16.7 Å². The number of nitrogen functional groups attached to an aromatic ring is 1. The van der Waals surface area contributed by atoms with E-state index in [1.54, 1.807) is 24.4 Å². The van der Waals surface area contributed by atoms with E-state index >= 15 is 0 Å². The molecule has 0 atom stereocenters. The van der Waals surface area contributed by atoms with Gasteiger partial charge in [0.2, 0.25) is 0 Å². The molecule has 0 saturated carbocycles. The maximum atomic E-state index is 13.6. The van der Waals surface area contributed by atoms with E-state index in [0.29, 0.717) is 22.6 Å². The van der Waals surface area contributed by atoms with E-state index in [9.17, 15) is 4.39 Å². The lowest BCUT2D eigenvalue weighted by Gasteiger charge is -2.38. The summed E-state index contributed by atoms with van der Waals surface area (Å²) in [5.41, 5.74) is 10.4. The standard InChI is InChI=1S/C31H25FN4.C2H6/c32-26-18-16-22(17-19-26)30(34)27-21-35-29(33)20-28(27)36-31(23-10-4-1-5-11-23,24-12-6-2-7-13-24)25-14-8-3-9-15-25;1-2/h1-21,34H,(H3,33,35,36);1-2H3. The monoisotopic (exact) mass is 502 g/mol. The molecule has 4 N–H and O–H groups in total. The van der Waals surface area contributed by atoms with Crippen LogP contribution in [0.3, 0.4) is 0 Å². The van der Waals surface area contributed by atoms with Gasteiger partial charge in [-0.15, -0.1) is 0 Å². The highest BCUT2D eigenvalue weighted by atomic mass is 19.1. The Labute approximate surface area is 223 Å². The van der Waals surface area contributed by atoms with Gasteiger partial charge in [0.1, 0.15) is 17.2 Å². The quantitative estimate of drug-likeness (QED) is 0.158. The smallest absolute Gasteiger partial charge is 0.125 e. The predicted molar refractivity (Wildman–Crippen MR) is 155 cm³/mol. The molecule has 0 saturated heterocycles. The van der Waals surface area contributed by atoms with E-state index in [1.807, 2.05) is 68.4 Å². The Morgan fingerprint density at radius 1 is 0.737 bits per heavy atom. The number of hydrogen-bond acceptors (Lipinski definition) is 4. The molecule has 5 heteroatoms. The fourth-order valence-corrected chi connectivity index (χ4v) is 4.53. The zero-order valence-electron chi connectivity index (χ0n) is 21.5. The van der Waals surface area contributed by atoms with Crippen molar-refractivity contribution in [2.24, 2.45) is 0 Å². The number of nitrogens with two attached hydrogens (primary N) is 1. The highest BCUT2D eigenvalue weighted by molar-refractivity contribution is 6.14. The third-order valence-electron chi connectivity index (χ3n) is 6.27. The Kier molecular flexibility index (Phi) is 8.29. The summed E-state index contributed by atoms with van der Waals surface area (Å²) in [7, 11) is 0. The zero-order valence-corrected chi connectivity index (χ0v) is 21.5. The van der Waals surface area contributed by atoms with Gasteiger partial charge in [0.25, 0.3) is 0 Å². The van der Waals surface area contributed by atoms with Gasteiger partial charge in [0, 0.05) is 29.1 Å². The average Bonchev–Trinajstić information content (AvgIpc) is 2.98. The molecule has 0 amide bonds. The molecule has 1 aromatic heterocycles. The second kappa shape index (κ2) is 12.0. The summed E-state index contributed by atoms with van der Waals surface area (Å²) in [6, 6.07) is 38.2. The third-order valence-corrected chi connectivity index (χ3v) is 6.27. The number of rotatable bonds is 7. The molecular formula is C33H31FN4. The predicted octanol–water partition coefficient (Wildman–Crippen LogP) is 7.65. The highest BCUT2D eigenvalue weighted by Gasteiger charge is 2.37. The van der Waals surface area contributed by atoms with Crippen LogP contribution in [-0.2, 0) is 5.54 Å². The van der Waals surface area contributed by atoms with Crippen molar-refractivity contribution >= 4 is 17.2 Å². The van der Waals surface area contributed by atoms with E-state index in [1.165, 1.54) is 12.1 Å². The van der Waals surface area contributed by atoms with E-state index in [-0.39, 0.29) is 11.5 Å². The second-order valence-corrected chi connectivity index (χ2v) is 8.51. The van der Waals surface area contributed by atoms with Crippen molar-refractivity contribution in [1.29, 1.82) is 5.41 Å². The van der Waals surface area contributed by atoms with Crippen LogP contribution in [0.15, 0.2) is 128 Å². The average molecular weight is 503 g/mol. The molecule has 0 aliphatic heterocycles. The summed E-state index contributed by atoms with van der Waals surface area (Å²) in [5, 5.41) is 12.7. The van der Waals surface area contributed by atoms with Crippen LogP contribution in [-0.4, -0.2) is 10.7 Å². The van der Waals surface area contributed by atoms with Crippen molar-refractivity contribution in [3.8, 4) is 0 Å². The van der Waals surface area contributed by atoms with Gasteiger partial charge < -0.3 is 11.1 Å². The number of benzene rings is 4. The van der Waals surface area contributed by atoms with E-state index in [4.69, 9.17) is 11.1 Å². The largest absolute Gasteiger partial charge is 0.384 e. The number of halogens is 1. The summed E-state index contributed by atoms with van der Waals surface area (Å²) in [4.78, 5) is 4.28. The summed E-state index contributed by atoms with van der Waals surface area (Å²) in [6.07, 6.45) is 1.59. The van der Waals surface area contributed by atoms with Crippen LogP contribution in [0.25, 0.3) is 0 Å². The Morgan fingerprint density at radius 2 is 1.18 bits per heavy atom. The number of hydrogen-bond donors (Lipinski definition) is 3. The first kappa shape index (κ1) is 26.3. The Bertz CT molecular complexity index is 1370. The van der Waals surface area contributed by atoms with Crippen LogP contribution in [0, 0.1) is 11.2 Å². The normalized spacial score (nSPS) is 10.7. The molecule has 4 aromatic carbocycles. The van der Waals surface area contributed by atoms with E-state index in [2.05, 4.69) is 46.7 Å². The van der Waals surface area contributed by atoms with Gasteiger partial charge in [-0.3, -0.25) is 5.41 Å². The molecule has 0 unspecified atom stereocenters. The van der Waals surface area contributed by atoms with Crippen LogP contribution < -0.4 is 11.1 Å². The molecule has 5 aromatic rings. The van der Waals surface area contributed by atoms with Crippen molar-refractivity contribution in [3.63, 3.8) is 0 Å². The summed E-state index contributed by atoms with van der Waals surface area (Å²) in [5.74, 6) is -0.0205. The van der Waals surface area contributed by atoms with Crippen LogP contribution >= 0.6 is 0 Å². The molecule has 38 heavy (non-hydrogen) atoms. The molecular weight excluding hydrogens is 471 g/mol. The first-order valence-electron chi connectivity index (χ1n) is 12.6. The minimum Gasteiger partial charge on any atom is -0.384 e. The number of aromatic nitrogens is 1. The molecule has 0 radical (unpaired) electrons. The molecule has 5 rings (SSSR count). The SMILES string of the molecule is CC.N=C(c1ccc(F)cc1)c1cnc(N)cc1NC(c1ccccc1)(c1ccccc1)c1ccccc1. The van der Waals surface area contributed by atoms with Crippen molar-refractivity contribution in [2.45, 2.75) is 19.4 Å². The van der Waals surface area contributed by atoms with Gasteiger partial charge in [-0.25, -0.2) is 9.37 Å². The fraction of sp³-hybridized carbons (Fsp3) is 0.0909. The van der Waals surface area contributed by atoms with Crippen LogP contribution in [0.2, 0.25) is 0 Å². The van der Waals surface area contributed by atoms with Gasteiger partial charge >= 0.3 is 0 Å². The van der Waals surface area contributed by atoms with Gasteiger partial charge in [0.05, 0.1) is 5.71 Å². The van der Waals surface area contributed by atoms with Crippen LogP contribution in [0.5, 0.6) is 0 Å². The van der Waals surface area contributed by atoms with Gasteiger partial charge in [-0.2, -0.15) is 0 Å². The Balaban J connectivity index is 0.00000164. The minimum absolute atomic E-state index is 0.216. The van der Waals surface area contributed by atoms with Crippen molar-refractivity contribution in [2.75, 3.05) is 11.1 Å². The molecule has 0 aliphatic rings. The second-order valence-electron chi connectivity index (χ2n) is 8.51. The van der Waals surface area contributed by atoms with Gasteiger partial charge in [0.15, 0.2) is 0 Å². The maximum absolute atomic E-state index is 13.6. The molecule has 0 spiro atoms. The molecule has 0 fully saturated rings.